The van der Waals surface area contributed by atoms with E-state index in [2.05, 4.69) is 34.1 Å². The maximum absolute atomic E-state index is 10.4. The normalized spacial score (nSPS) is 17.8. The molecule has 0 amide bonds. The van der Waals surface area contributed by atoms with Crippen LogP contribution in [-0.4, -0.2) is 79.2 Å². The average molecular weight is 351 g/mol. The van der Waals surface area contributed by atoms with Gasteiger partial charge in [0.25, 0.3) is 0 Å². The fourth-order valence-electron chi connectivity index (χ4n) is 2.88. The Kier molecular flexibility index (Phi) is 8.33. The summed E-state index contributed by atoms with van der Waals surface area (Å²) in [5.74, 6) is 0. The van der Waals surface area contributed by atoms with Crippen LogP contribution in [0.4, 0.5) is 0 Å². The molecule has 0 radical (unpaired) electrons. The van der Waals surface area contributed by atoms with E-state index in [0.717, 1.165) is 45.9 Å². The van der Waals surface area contributed by atoms with Crippen molar-refractivity contribution in [2.75, 3.05) is 52.5 Å². The second-order valence-corrected chi connectivity index (χ2v) is 7.75. The molecule has 5 nitrogen and oxygen atoms in total. The number of hydrogen-bond acceptors (Lipinski definition) is 5. The van der Waals surface area contributed by atoms with Gasteiger partial charge in [-0.05, 0) is 26.3 Å². The zero-order valence-corrected chi connectivity index (χ0v) is 16.0. The Morgan fingerprint density at radius 1 is 1.20 bits per heavy atom. The molecule has 1 atom stereocenters. The molecule has 1 heterocycles. The molecule has 1 aliphatic heterocycles. The van der Waals surface area contributed by atoms with Gasteiger partial charge in [0.05, 0.1) is 31.5 Å². The lowest BCUT2D eigenvalue weighted by Gasteiger charge is -2.31. The first kappa shape index (κ1) is 20.3. The molecule has 1 aromatic carbocycles. The van der Waals surface area contributed by atoms with Crippen molar-refractivity contribution in [2.45, 2.75) is 39.0 Å². The summed E-state index contributed by atoms with van der Waals surface area (Å²) < 4.78 is 11.2. The van der Waals surface area contributed by atoms with Crippen molar-refractivity contribution in [3.8, 4) is 0 Å². The van der Waals surface area contributed by atoms with Gasteiger partial charge < -0.3 is 14.6 Å². The van der Waals surface area contributed by atoms with Crippen LogP contribution in [0.1, 0.15) is 26.3 Å². The molecular formula is C20H34N2O3. The number of morpholine rings is 1. The summed E-state index contributed by atoms with van der Waals surface area (Å²) in [6, 6.07) is 10.4. The third kappa shape index (κ3) is 8.79. The second-order valence-electron chi connectivity index (χ2n) is 7.75. The highest BCUT2D eigenvalue weighted by molar-refractivity contribution is 5.14. The van der Waals surface area contributed by atoms with Crippen LogP contribution in [0.2, 0.25) is 0 Å². The molecule has 0 spiro atoms. The molecule has 2 rings (SSSR count). The van der Waals surface area contributed by atoms with Crippen molar-refractivity contribution in [1.29, 1.82) is 0 Å². The van der Waals surface area contributed by atoms with Crippen molar-refractivity contribution < 1.29 is 14.6 Å². The molecule has 0 saturated carbocycles. The van der Waals surface area contributed by atoms with Crippen LogP contribution in [0.25, 0.3) is 0 Å². The summed E-state index contributed by atoms with van der Waals surface area (Å²) in [4.78, 5) is 4.75. The summed E-state index contributed by atoms with van der Waals surface area (Å²) in [6.07, 6.45) is -0.479. The van der Waals surface area contributed by atoms with Crippen molar-refractivity contribution in [3.05, 3.63) is 35.9 Å². The van der Waals surface area contributed by atoms with Gasteiger partial charge in [-0.25, -0.2) is 0 Å². The molecule has 25 heavy (non-hydrogen) atoms. The van der Waals surface area contributed by atoms with Gasteiger partial charge in [-0.3, -0.25) is 9.80 Å². The van der Waals surface area contributed by atoms with Gasteiger partial charge in [-0.2, -0.15) is 0 Å². The van der Waals surface area contributed by atoms with Gasteiger partial charge in [-0.15, -0.1) is 0 Å². The third-order valence-corrected chi connectivity index (χ3v) is 4.26. The van der Waals surface area contributed by atoms with Crippen molar-refractivity contribution in [1.82, 2.24) is 9.80 Å². The SMILES string of the molecule is CC(C)(C)OCC(O)CN(CCN1CCOCC1)Cc1ccccc1. The number of ether oxygens (including phenoxy) is 2. The van der Waals surface area contributed by atoms with Crippen LogP contribution < -0.4 is 0 Å². The summed E-state index contributed by atoms with van der Waals surface area (Å²) in [5, 5.41) is 10.4. The monoisotopic (exact) mass is 350 g/mol. The lowest BCUT2D eigenvalue weighted by Crippen LogP contribution is -2.43. The summed E-state index contributed by atoms with van der Waals surface area (Å²) in [7, 11) is 0. The summed E-state index contributed by atoms with van der Waals surface area (Å²) in [6.45, 7) is 13.4. The minimum Gasteiger partial charge on any atom is -0.389 e. The maximum Gasteiger partial charge on any atom is 0.0900 e. The number of benzene rings is 1. The smallest absolute Gasteiger partial charge is 0.0900 e. The maximum atomic E-state index is 10.4. The molecule has 0 bridgehead atoms. The molecule has 5 heteroatoms. The second kappa shape index (κ2) is 10.2. The van der Waals surface area contributed by atoms with E-state index >= 15 is 0 Å². The molecule has 1 aromatic rings. The Hall–Kier alpha value is -0.980. The first-order valence-electron chi connectivity index (χ1n) is 9.31. The highest BCUT2D eigenvalue weighted by atomic mass is 16.5. The van der Waals surface area contributed by atoms with Crippen LogP contribution in [-0.2, 0) is 16.0 Å². The zero-order valence-electron chi connectivity index (χ0n) is 16.0. The van der Waals surface area contributed by atoms with E-state index in [1.54, 1.807) is 0 Å². The van der Waals surface area contributed by atoms with Gasteiger partial charge in [0.15, 0.2) is 0 Å². The highest BCUT2D eigenvalue weighted by Gasteiger charge is 2.18. The van der Waals surface area contributed by atoms with Gasteiger partial charge in [0.2, 0.25) is 0 Å². The van der Waals surface area contributed by atoms with Crippen molar-refractivity contribution >= 4 is 0 Å². The average Bonchev–Trinajstić information content (AvgIpc) is 2.59. The number of aliphatic hydroxyl groups is 1. The van der Waals surface area contributed by atoms with E-state index in [1.165, 1.54) is 5.56 Å². The molecule has 1 N–H and O–H groups in total. The molecule has 1 aliphatic rings. The van der Waals surface area contributed by atoms with E-state index in [9.17, 15) is 5.11 Å². The standard InChI is InChI=1S/C20H34N2O3/c1-20(2,3)25-17-19(23)16-22(15-18-7-5-4-6-8-18)10-9-21-11-13-24-14-12-21/h4-8,19,23H,9-17H2,1-3H3. The fourth-order valence-corrected chi connectivity index (χ4v) is 2.88. The molecule has 142 valence electrons. The number of nitrogens with zero attached hydrogens (tertiary/aromatic N) is 2. The Morgan fingerprint density at radius 3 is 2.52 bits per heavy atom. The predicted molar refractivity (Wildman–Crippen MR) is 101 cm³/mol. The first-order chi connectivity index (χ1) is 11.9. The van der Waals surface area contributed by atoms with Crippen LogP contribution in [0, 0.1) is 0 Å². The van der Waals surface area contributed by atoms with E-state index in [4.69, 9.17) is 9.47 Å². The fraction of sp³-hybridized carbons (Fsp3) is 0.700. The third-order valence-electron chi connectivity index (χ3n) is 4.26. The molecule has 0 aromatic heterocycles. The van der Waals surface area contributed by atoms with E-state index < -0.39 is 6.10 Å². The topological polar surface area (TPSA) is 45.2 Å². The number of rotatable bonds is 9. The van der Waals surface area contributed by atoms with Gasteiger partial charge >= 0.3 is 0 Å². The largest absolute Gasteiger partial charge is 0.389 e. The van der Waals surface area contributed by atoms with E-state index in [1.807, 2.05) is 26.8 Å². The number of aliphatic hydroxyl groups excluding tert-OH is 1. The Morgan fingerprint density at radius 2 is 1.88 bits per heavy atom. The van der Waals surface area contributed by atoms with Crippen LogP contribution in [0.15, 0.2) is 30.3 Å². The van der Waals surface area contributed by atoms with Gasteiger partial charge in [-0.1, -0.05) is 30.3 Å². The summed E-state index contributed by atoms with van der Waals surface area (Å²) in [5.41, 5.74) is 1.05. The zero-order chi connectivity index (χ0) is 18.1. The number of hydrogen-bond donors (Lipinski definition) is 1. The Labute approximate surface area is 152 Å². The van der Waals surface area contributed by atoms with Crippen LogP contribution in [0.3, 0.4) is 0 Å². The molecule has 1 fully saturated rings. The van der Waals surface area contributed by atoms with Crippen LogP contribution >= 0.6 is 0 Å². The minimum atomic E-state index is -0.479. The summed E-state index contributed by atoms with van der Waals surface area (Å²) >= 11 is 0. The molecule has 0 aliphatic carbocycles. The predicted octanol–water partition coefficient (Wildman–Crippen LogP) is 2.00. The van der Waals surface area contributed by atoms with E-state index in [0.29, 0.717) is 13.2 Å². The van der Waals surface area contributed by atoms with Gasteiger partial charge in [0.1, 0.15) is 0 Å². The lowest BCUT2D eigenvalue weighted by molar-refractivity contribution is -0.0575. The minimum absolute atomic E-state index is 0.223. The Bertz CT molecular complexity index is 470. The van der Waals surface area contributed by atoms with Gasteiger partial charge in [0, 0.05) is 39.3 Å². The molecule has 1 unspecified atom stereocenters. The highest BCUT2D eigenvalue weighted by Crippen LogP contribution is 2.10. The first-order valence-corrected chi connectivity index (χ1v) is 9.31. The molecular weight excluding hydrogens is 316 g/mol. The molecule has 1 saturated heterocycles. The lowest BCUT2D eigenvalue weighted by atomic mass is 10.2. The van der Waals surface area contributed by atoms with Crippen molar-refractivity contribution in [2.24, 2.45) is 0 Å². The van der Waals surface area contributed by atoms with E-state index in [-0.39, 0.29) is 5.60 Å². The van der Waals surface area contributed by atoms with Crippen LogP contribution in [0.5, 0.6) is 0 Å². The quantitative estimate of drug-likeness (QED) is 0.738. The van der Waals surface area contributed by atoms with Crippen molar-refractivity contribution in [3.63, 3.8) is 0 Å². The Balaban J connectivity index is 1.86.